The molecule has 0 unspecified atom stereocenters. The Morgan fingerprint density at radius 1 is 1.00 bits per heavy atom. The summed E-state index contributed by atoms with van der Waals surface area (Å²) in [7, 11) is 0. The highest BCUT2D eigenvalue weighted by atomic mass is 35.5. The topological polar surface area (TPSA) is 46.1 Å². The van der Waals surface area contributed by atoms with E-state index in [-0.39, 0.29) is 5.91 Å². The summed E-state index contributed by atoms with van der Waals surface area (Å²) in [6.07, 6.45) is 6.86. The Hall–Kier alpha value is -3.24. The zero-order valence-electron chi connectivity index (χ0n) is 16.9. The molecule has 0 spiro atoms. The molecule has 1 amide bonds. The number of benzene rings is 2. The van der Waals surface area contributed by atoms with E-state index in [9.17, 15) is 4.79 Å². The fraction of sp³-hybridized carbons (Fsp3) is 0.192. The number of carbonyl (C=O) groups is 1. The maximum atomic E-state index is 13.4. The van der Waals surface area contributed by atoms with Gasteiger partial charge in [-0.3, -0.25) is 9.78 Å². The van der Waals surface area contributed by atoms with Crippen LogP contribution in [0.3, 0.4) is 0 Å². The zero-order valence-corrected chi connectivity index (χ0v) is 17.7. The first-order valence-electron chi connectivity index (χ1n) is 10.6. The van der Waals surface area contributed by atoms with Gasteiger partial charge in [-0.1, -0.05) is 29.8 Å². The van der Waals surface area contributed by atoms with Crippen LogP contribution >= 0.6 is 11.6 Å². The molecular formula is C26H20ClN3O. The molecule has 3 heterocycles. The minimum Gasteiger partial charge on any atom is -0.329 e. The van der Waals surface area contributed by atoms with Crippen molar-refractivity contribution in [3.63, 3.8) is 0 Å². The van der Waals surface area contributed by atoms with Gasteiger partial charge in [0.1, 0.15) is 5.69 Å². The van der Waals surface area contributed by atoms with Crippen LogP contribution in [0.25, 0.3) is 22.0 Å². The summed E-state index contributed by atoms with van der Waals surface area (Å²) in [5.74, 6) is -0.0254. The van der Waals surface area contributed by atoms with E-state index in [0.29, 0.717) is 23.8 Å². The smallest absolute Gasteiger partial charge is 0.273 e. The van der Waals surface area contributed by atoms with Crippen LogP contribution in [0.2, 0.25) is 5.02 Å². The van der Waals surface area contributed by atoms with Crippen LogP contribution in [0.15, 0.2) is 60.9 Å². The summed E-state index contributed by atoms with van der Waals surface area (Å²) in [6.45, 7) is 1.06. The lowest BCUT2D eigenvalue weighted by Gasteiger charge is -2.16. The second kappa shape index (κ2) is 7.17. The third-order valence-electron chi connectivity index (χ3n) is 6.40. The number of nitrogens with zero attached hydrogens (tertiary/aromatic N) is 3. The first kappa shape index (κ1) is 18.5. The van der Waals surface area contributed by atoms with E-state index >= 15 is 0 Å². The van der Waals surface area contributed by atoms with Gasteiger partial charge in [-0.2, -0.15) is 0 Å². The zero-order chi connectivity index (χ0) is 20.9. The molecule has 1 aliphatic heterocycles. The molecular weight excluding hydrogens is 406 g/mol. The van der Waals surface area contributed by atoms with Gasteiger partial charge in [0.05, 0.1) is 5.52 Å². The van der Waals surface area contributed by atoms with E-state index in [1.165, 1.54) is 17.5 Å². The van der Waals surface area contributed by atoms with Crippen molar-refractivity contribution in [2.75, 3.05) is 0 Å². The van der Waals surface area contributed by atoms with Crippen LogP contribution in [-0.4, -0.2) is 20.8 Å². The lowest BCUT2D eigenvalue weighted by molar-refractivity contribution is 0.0762. The lowest BCUT2D eigenvalue weighted by atomic mass is 9.93. The second-order valence-corrected chi connectivity index (χ2v) is 8.71. The van der Waals surface area contributed by atoms with Gasteiger partial charge in [0.15, 0.2) is 0 Å². The molecule has 0 bridgehead atoms. The van der Waals surface area contributed by atoms with Crippen molar-refractivity contribution in [2.24, 2.45) is 0 Å². The summed E-state index contributed by atoms with van der Waals surface area (Å²) in [5, 5.41) is 1.78. The molecule has 4 aromatic rings. The van der Waals surface area contributed by atoms with Crippen molar-refractivity contribution >= 4 is 28.4 Å². The number of pyridine rings is 2. The summed E-state index contributed by atoms with van der Waals surface area (Å²) in [4.78, 5) is 24.2. The molecule has 0 saturated carbocycles. The van der Waals surface area contributed by atoms with Gasteiger partial charge in [-0.25, -0.2) is 4.98 Å². The molecule has 2 aromatic heterocycles. The minimum atomic E-state index is -0.0254. The molecule has 0 fully saturated rings. The van der Waals surface area contributed by atoms with Crippen molar-refractivity contribution in [1.82, 2.24) is 14.9 Å². The summed E-state index contributed by atoms with van der Waals surface area (Å²) in [6, 6.07) is 16.2. The normalized spacial score (nSPS) is 14.9. The van der Waals surface area contributed by atoms with E-state index in [1.807, 2.05) is 41.3 Å². The average Bonchev–Trinajstić information content (AvgIpc) is 3.36. The first-order valence-corrected chi connectivity index (χ1v) is 11.0. The van der Waals surface area contributed by atoms with Crippen LogP contribution < -0.4 is 0 Å². The number of carbonyl (C=O) groups excluding carboxylic acids is 1. The van der Waals surface area contributed by atoms with E-state index in [4.69, 9.17) is 16.6 Å². The Balaban J connectivity index is 1.57. The number of fused-ring (bicyclic) bond motifs is 3. The fourth-order valence-corrected chi connectivity index (χ4v) is 5.15. The van der Waals surface area contributed by atoms with E-state index < -0.39 is 0 Å². The Kier molecular flexibility index (Phi) is 4.29. The second-order valence-electron chi connectivity index (χ2n) is 8.30. The van der Waals surface area contributed by atoms with Gasteiger partial charge in [-0.15, -0.1) is 0 Å². The number of rotatable bonds is 3. The fourth-order valence-electron chi connectivity index (χ4n) is 4.92. The Morgan fingerprint density at radius 3 is 2.58 bits per heavy atom. The quantitative estimate of drug-likeness (QED) is 0.429. The third kappa shape index (κ3) is 3.02. The van der Waals surface area contributed by atoms with Crippen LogP contribution in [0.1, 0.15) is 39.2 Å². The van der Waals surface area contributed by atoms with Gasteiger partial charge in [0.25, 0.3) is 5.91 Å². The van der Waals surface area contributed by atoms with Crippen molar-refractivity contribution in [3.8, 4) is 11.1 Å². The predicted octanol–water partition coefficient (Wildman–Crippen LogP) is 5.59. The van der Waals surface area contributed by atoms with Gasteiger partial charge in [-0.05, 0) is 71.8 Å². The number of hydrogen-bond acceptors (Lipinski definition) is 3. The molecule has 0 saturated heterocycles. The molecule has 0 atom stereocenters. The van der Waals surface area contributed by atoms with Crippen LogP contribution in [0, 0.1) is 0 Å². The molecule has 5 heteroatoms. The van der Waals surface area contributed by atoms with E-state index in [2.05, 4.69) is 17.1 Å². The summed E-state index contributed by atoms with van der Waals surface area (Å²) in [5.41, 5.74) is 8.21. The Morgan fingerprint density at radius 2 is 1.77 bits per heavy atom. The minimum absolute atomic E-state index is 0.0254. The average molecular weight is 426 g/mol. The number of aromatic nitrogens is 2. The van der Waals surface area contributed by atoms with Gasteiger partial charge >= 0.3 is 0 Å². The lowest BCUT2D eigenvalue weighted by Crippen LogP contribution is -2.23. The molecule has 0 radical (unpaired) electrons. The van der Waals surface area contributed by atoms with Gasteiger partial charge in [0.2, 0.25) is 0 Å². The molecule has 1 aliphatic carbocycles. The summed E-state index contributed by atoms with van der Waals surface area (Å²) >= 11 is 6.65. The molecule has 0 N–H and O–H groups in total. The van der Waals surface area contributed by atoms with Gasteiger partial charge in [0, 0.05) is 47.0 Å². The predicted molar refractivity (Wildman–Crippen MR) is 122 cm³/mol. The Bertz CT molecular complexity index is 1350. The first-order chi connectivity index (χ1) is 15.2. The third-order valence-corrected chi connectivity index (χ3v) is 6.73. The molecule has 31 heavy (non-hydrogen) atoms. The number of halogens is 1. The maximum Gasteiger partial charge on any atom is 0.273 e. The highest BCUT2D eigenvalue weighted by Gasteiger charge is 2.33. The van der Waals surface area contributed by atoms with E-state index in [1.54, 1.807) is 12.4 Å². The molecule has 4 nitrogen and oxygen atoms in total. The monoisotopic (exact) mass is 425 g/mol. The van der Waals surface area contributed by atoms with Gasteiger partial charge < -0.3 is 4.90 Å². The Labute approximate surface area is 185 Å². The summed E-state index contributed by atoms with van der Waals surface area (Å²) < 4.78 is 0. The van der Waals surface area contributed by atoms with Crippen molar-refractivity contribution < 1.29 is 4.79 Å². The molecule has 2 aliphatic rings. The highest BCUT2D eigenvalue weighted by molar-refractivity contribution is 6.34. The van der Waals surface area contributed by atoms with E-state index in [0.717, 1.165) is 46.0 Å². The SMILES string of the molecule is O=C1c2nc3cc4c(cc3c(-c3ccccc3Cl)c2CN1Cc1ccncc1)CCC4. The number of amides is 1. The van der Waals surface area contributed by atoms with Crippen LogP contribution in [0.5, 0.6) is 0 Å². The standard InChI is InChI=1S/C26H20ClN3O/c27-22-7-2-1-6-19(22)24-20-12-17-4-3-5-18(17)13-23(20)29-25-21(24)15-30(26(25)31)14-16-8-10-28-11-9-16/h1-2,6-13H,3-5,14-15H2. The number of hydrogen-bond donors (Lipinski definition) is 0. The molecule has 152 valence electrons. The highest BCUT2D eigenvalue weighted by Crippen LogP contribution is 2.42. The van der Waals surface area contributed by atoms with Crippen molar-refractivity contribution in [3.05, 3.63) is 93.9 Å². The molecule has 6 rings (SSSR count). The van der Waals surface area contributed by atoms with Crippen LogP contribution in [-0.2, 0) is 25.9 Å². The number of aryl methyl sites for hydroxylation is 2. The maximum absolute atomic E-state index is 13.4. The van der Waals surface area contributed by atoms with Crippen molar-refractivity contribution in [2.45, 2.75) is 32.4 Å². The van der Waals surface area contributed by atoms with Crippen molar-refractivity contribution in [1.29, 1.82) is 0 Å². The molecule has 2 aromatic carbocycles. The van der Waals surface area contributed by atoms with Crippen LogP contribution in [0.4, 0.5) is 0 Å². The largest absolute Gasteiger partial charge is 0.329 e.